The number of hydrogen-bond donors (Lipinski definition) is 1. The fourth-order valence-electron chi connectivity index (χ4n) is 4.21. The van der Waals surface area contributed by atoms with E-state index >= 15 is 0 Å². The Kier molecular flexibility index (Phi) is 10.5. The number of unbranched alkanes of at least 4 members (excludes halogenated alkanes) is 1. The lowest BCUT2D eigenvalue weighted by atomic mass is 9.87. The fourth-order valence-corrected chi connectivity index (χ4v) is 4.21. The van der Waals surface area contributed by atoms with E-state index in [0.717, 1.165) is 30.9 Å². The zero-order chi connectivity index (χ0) is 21.8. The number of amides is 2. The second kappa shape index (κ2) is 13.1. The Morgan fingerprint density at radius 1 is 1.00 bits per heavy atom. The summed E-state index contributed by atoms with van der Waals surface area (Å²) in [5.41, 5.74) is 6.32. The minimum Gasteiger partial charge on any atom is -0.493 e. The second-order valence-corrected chi connectivity index (χ2v) is 8.29. The first kappa shape index (κ1) is 24.0. The third-order valence-electron chi connectivity index (χ3n) is 6.07. The average Bonchev–Trinajstić information content (AvgIpc) is 2.76. The molecule has 2 rings (SSSR count). The highest BCUT2D eigenvalue weighted by Crippen LogP contribution is 2.28. The smallest absolute Gasteiger partial charge is 0.222 e. The van der Waals surface area contributed by atoms with Gasteiger partial charge in [0.1, 0.15) is 0 Å². The molecule has 0 heterocycles. The van der Waals surface area contributed by atoms with Gasteiger partial charge in [-0.1, -0.05) is 38.2 Å². The quantitative estimate of drug-likeness (QED) is 0.489. The van der Waals surface area contributed by atoms with E-state index in [4.69, 9.17) is 15.2 Å². The lowest BCUT2D eigenvalue weighted by molar-refractivity contribution is -0.131. The summed E-state index contributed by atoms with van der Waals surface area (Å²) in [6.45, 7) is 1.50. The van der Waals surface area contributed by atoms with E-state index in [9.17, 15) is 9.59 Å². The van der Waals surface area contributed by atoms with Crippen molar-refractivity contribution < 1.29 is 19.1 Å². The van der Waals surface area contributed by atoms with E-state index in [1.54, 1.807) is 14.2 Å². The van der Waals surface area contributed by atoms with Gasteiger partial charge in [0.2, 0.25) is 11.8 Å². The maximum absolute atomic E-state index is 12.9. The third-order valence-corrected chi connectivity index (χ3v) is 6.07. The maximum Gasteiger partial charge on any atom is 0.222 e. The molecule has 1 saturated carbocycles. The van der Waals surface area contributed by atoms with Gasteiger partial charge in [0.25, 0.3) is 0 Å². The number of benzene rings is 1. The number of ether oxygens (including phenoxy) is 2. The molecule has 6 nitrogen and oxygen atoms in total. The SMILES string of the molecule is COc1ccc(CCN(CCC2CCCCC2)C(=O)CCCCC(N)=O)cc1OC. The Balaban J connectivity index is 1.93. The van der Waals surface area contributed by atoms with Gasteiger partial charge >= 0.3 is 0 Å². The van der Waals surface area contributed by atoms with Crippen LogP contribution in [0.25, 0.3) is 0 Å². The van der Waals surface area contributed by atoms with Gasteiger partial charge < -0.3 is 20.1 Å². The van der Waals surface area contributed by atoms with Crippen molar-refractivity contribution in [2.24, 2.45) is 11.7 Å². The maximum atomic E-state index is 12.9. The molecular formula is C24H38N2O4. The summed E-state index contributed by atoms with van der Waals surface area (Å²) in [5.74, 6) is 2.04. The Morgan fingerprint density at radius 3 is 2.37 bits per heavy atom. The number of nitrogens with two attached hydrogens (primary N) is 1. The van der Waals surface area contributed by atoms with Crippen LogP contribution in [0.4, 0.5) is 0 Å². The molecule has 0 spiro atoms. The first-order valence-electron chi connectivity index (χ1n) is 11.3. The Labute approximate surface area is 181 Å². The summed E-state index contributed by atoms with van der Waals surface area (Å²) in [4.78, 5) is 25.8. The number of primary amides is 1. The molecule has 0 saturated heterocycles. The second-order valence-electron chi connectivity index (χ2n) is 8.29. The van der Waals surface area contributed by atoms with Gasteiger partial charge in [0.15, 0.2) is 11.5 Å². The van der Waals surface area contributed by atoms with E-state index < -0.39 is 0 Å². The molecule has 1 fully saturated rings. The highest BCUT2D eigenvalue weighted by molar-refractivity contribution is 5.76. The number of hydrogen-bond acceptors (Lipinski definition) is 4. The predicted octanol–water partition coefficient (Wildman–Crippen LogP) is 4.09. The normalized spacial score (nSPS) is 14.3. The molecule has 1 aromatic carbocycles. The largest absolute Gasteiger partial charge is 0.493 e. The van der Waals surface area contributed by atoms with Crippen molar-refractivity contribution in [1.82, 2.24) is 4.90 Å². The highest BCUT2D eigenvalue weighted by atomic mass is 16.5. The summed E-state index contributed by atoms with van der Waals surface area (Å²) >= 11 is 0. The number of nitrogens with zero attached hydrogens (tertiary/aromatic N) is 1. The molecule has 0 radical (unpaired) electrons. The molecule has 0 aliphatic heterocycles. The van der Waals surface area contributed by atoms with Crippen LogP contribution in [0, 0.1) is 5.92 Å². The number of carbonyl (C=O) groups is 2. The molecule has 1 aliphatic carbocycles. The number of methoxy groups -OCH3 is 2. The van der Waals surface area contributed by atoms with Crippen LogP contribution in [0.3, 0.4) is 0 Å². The van der Waals surface area contributed by atoms with Crippen molar-refractivity contribution in [1.29, 1.82) is 0 Å². The Hall–Kier alpha value is -2.24. The van der Waals surface area contributed by atoms with Gasteiger partial charge in [0.05, 0.1) is 14.2 Å². The van der Waals surface area contributed by atoms with Crippen molar-refractivity contribution in [3.63, 3.8) is 0 Å². The van der Waals surface area contributed by atoms with Crippen LogP contribution in [-0.4, -0.2) is 44.0 Å². The van der Waals surface area contributed by atoms with E-state index in [-0.39, 0.29) is 11.8 Å². The summed E-state index contributed by atoms with van der Waals surface area (Å²) in [5, 5.41) is 0. The van der Waals surface area contributed by atoms with Gasteiger partial charge in [-0.2, -0.15) is 0 Å². The zero-order valence-electron chi connectivity index (χ0n) is 18.7. The van der Waals surface area contributed by atoms with Gasteiger partial charge in [-0.15, -0.1) is 0 Å². The molecule has 2 amide bonds. The minimum absolute atomic E-state index is 0.177. The van der Waals surface area contributed by atoms with Gasteiger partial charge in [-0.3, -0.25) is 9.59 Å². The summed E-state index contributed by atoms with van der Waals surface area (Å²) < 4.78 is 10.7. The lowest BCUT2D eigenvalue weighted by Gasteiger charge is -2.27. The molecular weight excluding hydrogens is 380 g/mol. The lowest BCUT2D eigenvalue weighted by Crippen LogP contribution is -2.34. The van der Waals surface area contributed by atoms with E-state index in [0.29, 0.717) is 43.7 Å². The molecule has 0 atom stereocenters. The minimum atomic E-state index is -0.301. The third kappa shape index (κ3) is 8.25. The van der Waals surface area contributed by atoms with E-state index in [1.807, 2.05) is 23.1 Å². The van der Waals surface area contributed by atoms with Gasteiger partial charge in [-0.05, 0) is 49.3 Å². The van der Waals surface area contributed by atoms with Crippen molar-refractivity contribution in [2.75, 3.05) is 27.3 Å². The monoisotopic (exact) mass is 418 g/mol. The van der Waals surface area contributed by atoms with Crippen LogP contribution in [-0.2, 0) is 16.0 Å². The standard InChI is InChI=1S/C24H38N2O4/c1-29-21-13-12-20(18-22(21)30-2)15-17-26(16-14-19-8-4-3-5-9-19)24(28)11-7-6-10-23(25)27/h12-13,18-19H,3-11,14-17H2,1-2H3,(H2,25,27). The van der Waals surface area contributed by atoms with Crippen LogP contribution in [0.5, 0.6) is 11.5 Å². The summed E-state index contributed by atoms with van der Waals surface area (Å²) in [6.07, 6.45) is 10.6. The molecule has 168 valence electrons. The predicted molar refractivity (Wildman–Crippen MR) is 119 cm³/mol. The van der Waals surface area contributed by atoms with Crippen molar-refractivity contribution in [3.8, 4) is 11.5 Å². The van der Waals surface area contributed by atoms with Crippen LogP contribution in [0.2, 0.25) is 0 Å². The summed E-state index contributed by atoms with van der Waals surface area (Å²) in [6, 6.07) is 5.92. The van der Waals surface area contributed by atoms with Crippen LogP contribution < -0.4 is 15.2 Å². The van der Waals surface area contributed by atoms with E-state index in [1.165, 1.54) is 32.1 Å². The van der Waals surface area contributed by atoms with Crippen LogP contribution in [0.15, 0.2) is 18.2 Å². The first-order valence-corrected chi connectivity index (χ1v) is 11.3. The topological polar surface area (TPSA) is 81.9 Å². The highest BCUT2D eigenvalue weighted by Gasteiger charge is 2.18. The molecule has 30 heavy (non-hydrogen) atoms. The number of carbonyl (C=O) groups excluding carboxylic acids is 2. The Bertz CT molecular complexity index is 671. The molecule has 1 aromatic rings. The van der Waals surface area contributed by atoms with Gasteiger partial charge in [-0.25, -0.2) is 0 Å². The molecule has 6 heteroatoms. The van der Waals surface area contributed by atoms with Crippen molar-refractivity contribution in [3.05, 3.63) is 23.8 Å². The van der Waals surface area contributed by atoms with Crippen molar-refractivity contribution >= 4 is 11.8 Å². The first-order chi connectivity index (χ1) is 14.5. The molecule has 2 N–H and O–H groups in total. The molecule has 0 aromatic heterocycles. The zero-order valence-corrected chi connectivity index (χ0v) is 18.7. The molecule has 0 bridgehead atoms. The van der Waals surface area contributed by atoms with Gasteiger partial charge in [0, 0.05) is 25.9 Å². The van der Waals surface area contributed by atoms with E-state index in [2.05, 4.69) is 0 Å². The van der Waals surface area contributed by atoms with Crippen LogP contribution in [0.1, 0.15) is 69.8 Å². The molecule has 1 aliphatic rings. The number of rotatable bonds is 13. The van der Waals surface area contributed by atoms with Crippen molar-refractivity contribution in [2.45, 2.75) is 70.6 Å². The average molecular weight is 419 g/mol. The Morgan fingerprint density at radius 2 is 1.70 bits per heavy atom. The molecule has 0 unspecified atom stereocenters. The fraction of sp³-hybridized carbons (Fsp3) is 0.667. The summed E-state index contributed by atoms with van der Waals surface area (Å²) in [7, 11) is 3.26. The van der Waals surface area contributed by atoms with Crippen LogP contribution >= 0.6 is 0 Å².